The number of hydrogen-bond acceptors (Lipinski definition) is 4. The lowest BCUT2D eigenvalue weighted by atomic mass is 9.87. The van der Waals surface area contributed by atoms with Gasteiger partial charge in [-0.1, -0.05) is 25.9 Å². The summed E-state index contributed by atoms with van der Waals surface area (Å²) >= 11 is 0. The second-order valence-electron chi connectivity index (χ2n) is 6.27. The second kappa shape index (κ2) is 7.10. The van der Waals surface area contributed by atoms with Crippen LogP contribution in [0.2, 0.25) is 0 Å². The minimum Gasteiger partial charge on any atom is -0.409 e. The van der Waals surface area contributed by atoms with Gasteiger partial charge in [-0.25, -0.2) is 0 Å². The van der Waals surface area contributed by atoms with E-state index in [1.807, 2.05) is 13.8 Å². The number of likely N-dealkylation sites (tertiary alicyclic amines) is 1. The van der Waals surface area contributed by atoms with Gasteiger partial charge in [0, 0.05) is 11.5 Å². The Hall–Kier alpha value is -0.810. The first kappa shape index (κ1) is 16.2. The minimum atomic E-state index is -0.243. The number of nitrogens with two attached hydrogens (primary N) is 1. The van der Waals surface area contributed by atoms with Crippen LogP contribution in [0.5, 0.6) is 0 Å². The van der Waals surface area contributed by atoms with E-state index in [2.05, 4.69) is 28.9 Å². The Labute approximate surface area is 117 Å². The molecule has 0 aromatic rings. The normalized spacial score (nSPS) is 20.2. The predicted molar refractivity (Wildman–Crippen MR) is 79.6 cm³/mol. The van der Waals surface area contributed by atoms with Crippen molar-refractivity contribution in [1.82, 2.24) is 9.80 Å². The van der Waals surface area contributed by atoms with Gasteiger partial charge >= 0.3 is 0 Å². The predicted octanol–water partition coefficient (Wildman–Crippen LogP) is 1.57. The number of rotatable bonds is 6. The summed E-state index contributed by atoms with van der Waals surface area (Å²) in [5.41, 5.74) is 5.48. The lowest BCUT2D eigenvalue weighted by Crippen LogP contribution is -2.44. The molecule has 0 unspecified atom stereocenters. The topological polar surface area (TPSA) is 65.1 Å². The highest BCUT2D eigenvalue weighted by molar-refractivity contribution is 5.85. The van der Waals surface area contributed by atoms with Crippen LogP contribution in [0.25, 0.3) is 0 Å². The van der Waals surface area contributed by atoms with E-state index in [4.69, 9.17) is 10.9 Å². The highest BCUT2D eigenvalue weighted by Crippen LogP contribution is 2.22. The van der Waals surface area contributed by atoms with Crippen LogP contribution in [-0.4, -0.2) is 60.1 Å². The molecule has 1 aliphatic heterocycles. The maximum Gasteiger partial charge on any atom is 0.144 e. The number of amidine groups is 1. The van der Waals surface area contributed by atoms with E-state index in [1.54, 1.807) is 0 Å². The van der Waals surface area contributed by atoms with Crippen LogP contribution < -0.4 is 5.73 Å². The fourth-order valence-electron chi connectivity index (χ4n) is 2.58. The van der Waals surface area contributed by atoms with Crippen LogP contribution >= 0.6 is 0 Å². The second-order valence-corrected chi connectivity index (χ2v) is 6.27. The van der Waals surface area contributed by atoms with Crippen molar-refractivity contribution in [2.75, 3.05) is 33.2 Å². The van der Waals surface area contributed by atoms with Gasteiger partial charge in [0.25, 0.3) is 0 Å². The molecule has 0 aliphatic carbocycles. The summed E-state index contributed by atoms with van der Waals surface area (Å²) in [6, 6.07) is 0.672. The summed E-state index contributed by atoms with van der Waals surface area (Å²) in [7, 11) is 2.19. The van der Waals surface area contributed by atoms with Crippen molar-refractivity contribution < 1.29 is 5.21 Å². The van der Waals surface area contributed by atoms with E-state index in [-0.39, 0.29) is 5.41 Å². The van der Waals surface area contributed by atoms with Gasteiger partial charge in [0.05, 0.1) is 0 Å². The summed E-state index contributed by atoms with van der Waals surface area (Å²) in [5.74, 6) is 0.321. The van der Waals surface area contributed by atoms with Crippen molar-refractivity contribution in [1.29, 1.82) is 0 Å². The molecule has 3 N–H and O–H groups in total. The average Bonchev–Trinajstić information content (AvgIpc) is 2.43. The van der Waals surface area contributed by atoms with Gasteiger partial charge in [0.2, 0.25) is 0 Å². The van der Waals surface area contributed by atoms with Gasteiger partial charge in [-0.05, 0) is 52.5 Å². The fraction of sp³-hybridized carbons (Fsp3) is 0.929. The molecule has 1 heterocycles. The number of nitrogens with zero attached hydrogens (tertiary/aromatic N) is 3. The van der Waals surface area contributed by atoms with Crippen LogP contribution in [0.15, 0.2) is 5.16 Å². The molecular weight excluding hydrogens is 240 g/mol. The Morgan fingerprint density at radius 2 is 2.00 bits per heavy atom. The minimum absolute atomic E-state index is 0.243. The van der Waals surface area contributed by atoms with E-state index in [1.165, 1.54) is 25.9 Å². The summed E-state index contributed by atoms with van der Waals surface area (Å²) in [6.45, 7) is 10.8. The maximum absolute atomic E-state index is 8.78. The molecule has 0 radical (unpaired) electrons. The largest absolute Gasteiger partial charge is 0.409 e. The third-order valence-corrected chi connectivity index (χ3v) is 4.52. The fourth-order valence-corrected chi connectivity index (χ4v) is 2.58. The van der Waals surface area contributed by atoms with Gasteiger partial charge in [0.15, 0.2) is 0 Å². The van der Waals surface area contributed by atoms with Crippen LogP contribution in [-0.2, 0) is 0 Å². The summed E-state index contributed by atoms with van der Waals surface area (Å²) in [5, 5.41) is 11.9. The van der Waals surface area contributed by atoms with Crippen molar-refractivity contribution in [3.8, 4) is 0 Å². The van der Waals surface area contributed by atoms with E-state index in [9.17, 15) is 0 Å². The zero-order valence-corrected chi connectivity index (χ0v) is 12.9. The maximum atomic E-state index is 8.78. The first-order valence-electron chi connectivity index (χ1n) is 7.31. The Morgan fingerprint density at radius 3 is 2.47 bits per heavy atom. The van der Waals surface area contributed by atoms with E-state index >= 15 is 0 Å². The Kier molecular flexibility index (Phi) is 6.07. The van der Waals surface area contributed by atoms with E-state index in [0.717, 1.165) is 19.5 Å². The average molecular weight is 270 g/mol. The number of hydrogen-bond donors (Lipinski definition) is 2. The van der Waals surface area contributed by atoms with Crippen LogP contribution in [0.4, 0.5) is 0 Å². The van der Waals surface area contributed by atoms with Gasteiger partial charge < -0.3 is 20.7 Å². The van der Waals surface area contributed by atoms with Gasteiger partial charge in [-0.15, -0.1) is 0 Å². The van der Waals surface area contributed by atoms with Gasteiger partial charge in [-0.3, -0.25) is 0 Å². The van der Waals surface area contributed by atoms with Crippen molar-refractivity contribution in [2.45, 2.75) is 46.1 Å². The lowest BCUT2D eigenvalue weighted by molar-refractivity contribution is 0.125. The zero-order valence-electron chi connectivity index (χ0n) is 12.9. The Balaban J connectivity index is 2.38. The Morgan fingerprint density at radius 1 is 1.42 bits per heavy atom. The van der Waals surface area contributed by atoms with Crippen LogP contribution in [0.1, 0.15) is 40.0 Å². The lowest BCUT2D eigenvalue weighted by Gasteiger charge is -2.37. The molecule has 19 heavy (non-hydrogen) atoms. The quantitative estimate of drug-likeness (QED) is 0.333. The molecule has 1 aliphatic rings. The van der Waals surface area contributed by atoms with Crippen molar-refractivity contribution in [3.05, 3.63) is 0 Å². The smallest absolute Gasteiger partial charge is 0.144 e. The van der Waals surface area contributed by atoms with Crippen molar-refractivity contribution in [3.63, 3.8) is 0 Å². The Bertz CT molecular complexity index is 296. The van der Waals surface area contributed by atoms with E-state index < -0.39 is 0 Å². The molecule has 5 nitrogen and oxygen atoms in total. The number of piperidine rings is 1. The first-order chi connectivity index (χ1) is 8.90. The molecule has 0 amide bonds. The molecule has 0 atom stereocenters. The highest BCUT2D eigenvalue weighted by atomic mass is 16.4. The highest BCUT2D eigenvalue weighted by Gasteiger charge is 2.26. The standard InChI is InChI=1S/C14H30N4O/c1-5-18-9-6-12(7-10-18)17(4)11-8-14(2,3)13(15)16-19/h12,19H,5-11H2,1-4H3,(H2,15,16). The van der Waals surface area contributed by atoms with Crippen molar-refractivity contribution >= 4 is 5.84 Å². The SMILES string of the molecule is CCN1CCC(N(C)CCC(C)(C)C(N)=NO)CC1. The molecule has 0 aromatic heterocycles. The summed E-state index contributed by atoms with van der Waals surface area (Å²) < 4.78 is 0. The molecule has 1 fully saturated rings. The van der Waals surface area contributed by atoms with E-state index in [0.29, 0.717) is 11.9 Å². The van der Waals surface area contributed by atoms with Gasteiger partial charge in [0.1, 0.15) is 5.84 Å². The summed E-state index contributed by atoms with van der Waals surface area (Å²) in [4.78, 5) is 4.93. The molecule has 112 valence electrons. The number of oxime groups is 1. The van der Waals surface area contributed by atoms with Gasteiger partial charge in [-0.2, -0.15) is 0 Å². The zero-order chi connectivity index (χ0) is 14.5. The van der Waals surface area contributed by atoms with Crippen molar-refractivity contribution in [2.24, 2.45) is 16.3 Å². The molecule has 1 rings (SSSR count). The molecule has 0 aromatic carbocycles. The molecular formula is C14H30N4O. The van der Waals surface area contributed by atoms with Crippen LogP contribution in [0.3, 0.4) is 0 Å². The molecule has 0 saturated carbocycles. The third-order valence-electron chi connectivity index (χ3n) is 4.52. The summed E-state index contributed by atoms with van der Waals surface area (Å²) in [6.07, 6.45) is 3.40. The monoisotopic (exact) mass is 270 g/mol. The van der Waals surface area contributed by atoms with Crippen LogP contribution in [0, 0.1) is 5.41 Å². The molecule has 1 saturated heterocycles. The molecule has 0 bridgehead atoms. The molecule has 0 spiro atoms. The first-order valence-corrected chi connectivity index (χ1v) is 7.31. The third kappa shape index (κ3) is 4.66. The molecule has 5 heteroatoms.